The summed E-state index contributed by atoms with van der Waals surface area (Å²) in [6.07, 6.45) is 23.9. The molecule has 9 nitrogen and oxygen atoms in total. The van der Waals surface area contributed by atoms with E-state index >= 15 is 0 Å². The third-order valence-corrected chi connectivity index (χ3v) is 8.20. The number of amides is 1. The highest BCUT2D eigenvalue weighted by Gasteiger charge is 2.44. The van der Waals surface area contributed by atoms with Gasteiger partial charge in [-0.15, -0.1) is 0 Å². The quantitative estimate of drug-likeness (QED) is 0.0519. The molecule has 7 unspecified atom stereocenters. The first-order chi connectivity index (χ1) is 21.8. The molecule has 9 heteroatoms. The minimum Gasteiger partial charge on any atom is -0.394 e. The second-order valence-corrected chi connectivity index (χ2v) is 12.3. The molecule has 1 saturated heterocycles. The van der Waals surface area contributed by atoms with Gasteiger partial charge >= 0.3 is 0 Å². The first-order valence-electron chi connectivity index (χ1n) is 17.7. The Labute approximate surface area is 272 Å². The molecule has 1 aliphatic heterocycles. The van der Waals surface area contributed by atoms with Crippen LogP contribution >= 0.6 is 0 Å². The number of allylic oxidation sites excluding steroid dienone is 5. The summed E-state index contributed by atoms with van der Waals surface area (Å²) in [6, 6.07) is -0.819. The summed E-state index contributed by atoms with van der Waals surface area (Å²) in [5.41, 5.74) is 0. The fourth-order valence-electron chi connectivity index (χ4n) is 5.24. The Balaban J connectivity index is 2.42. The van der Waals surface area contributed by atoms with Gasteiger partial charge in [0.1, 0.15) is 24.4 Å². The largest absolute Gasteiger partial charge is 0.394 e. The number of hydrogen-bond donors (Lipinski definition) is 6. The van der Waals surface area contributed by atoms with Gasteiger partial charge in [-0.05, 0) is 44.9 Å². The van der Waals surface area contributed by atoms with Gasteiger partial charge < -0.3 is 40.3 Å². The molecular weight excluding hydrogens is 574 g/mol. The molecule has 0 aromatic carbocycles. The predicted octanol–water partition coefficient (Wildman–Crippen LogP) is 5.38. The summed E-state index contributed by atoms with van der Waals surface area (Å²) in [6.45, 7) is 3.58. The molecule has 6 N–H and O–H groups in total. The van der Waals surface area contributed by atoms with Crippen LogP contribution in [0.4, 0.5) is 0 Å². The van der Waals surface area contributed by atoms with Crippen molar-refractivity contribution in [1.82, 2.24) is 5.32 Å². The van der Waals surface area contributed by atoms with Crippen molar-refractivity contribution in [2.24, 2.45) is 0 Å². The lowest BCUT2D eigenvalue weighted by Crippen LogP contribution is -2.60. The maximum Gasteiger partial charge on any atom is 0.220 e. The van der Waals surface area contributed by atoms with E-state index < -0.39 is 49.5 Å². The summed E-state index contributed by atoms with van der Waals surface area (Å²) >= 11 is 0. The smallest absolute Gasteiger partial charge is 0.220 e. The monoisotopic (exact) mass is 639 g/mol. The van der Waals surface area contributed by atoms with Crippen LogP contribution in [0.1, 0.15) is 129 Å². The van der Waals surface area contributed by atoms with Crippen molar-refractivity contribution in [2.75, 3.05) is 13.2 Å². The zero-order chi connectivity index (χ0) is 33.1. The molecule has 0 aromatic heterocycles. The van der Waals surface area contributed by atoms with Gasteiger partial charge in [0.25, 0.3) is 0 Å². The average Bonchev–Trinajstić information content (AvgIpc) is 3.04. The molecule has 1 heterocycles. The predicted molar refractivity (Wildman–Crippen MR) is 180 cm³/mol. The van der Waals surface area contributed by atoms with Crippen molar-refractivity contribution in [2.45, 2.75) is 172 Å². The Bertz CT molecular complexity index is 802. The van der Waals surface area contributed by atoms with Crippen LogP contribution in [0.5, 0.6) is 0 Å². The standard InChI is InChI=1S/C36H65NO8/c1-3-5-7-9-10-11-12-13-14-15-16-17-18-19-20-21-22-23-25-30(39)29(37-32(40)26-24-8-6-4-2)28-44-36-35(43)34(42)33(41)31(27-38)45-36/h15-16,19-20,23,25,29-31,33-36,38-39,41-43H,3-14,17-18,21-22,24,26-28H2,1-2H3,(H,37,40)/b16-15+,20-19+,25-23+. The van der Waals surface area contributed by atoms with Gasteiger partial charge in [-0.25, -0.2) is 0 Å². The van der Waals surface area contributed by atoms with E-state index in [1.807, 2.05) is 6.08 Å². The summed E-state index contributed by atoms with van der Waals surface area (Å²) in [7, 11) is 0. The van der Waals surface area contributed by atoms with E-state index in [0.717, 1.165) is 51.4 Å². The highest BCUT2D eigenvalue weighted by atomic mass is 16.7. The van der Waals surface area contributed by atoms with Gasteiger partial charge in [0.05, 0.1) is 25.4 Å². The van der Waals surface area contributed by atoms with E-state index in [9.17, 15) is 30.3 Å². The van der Waals surface area contributed by atoms with Crippen molar-refractivity contribution in [3.63, 3.8) is 0 Å². The Morgan fingerprint density at radius 1 is 0.733 bits per heavy atom. The Kier molecular flexibility index (Phi) is 25.3. The Morgan fingerprint density at radius 2 is 1.27 bits per heavy atom. The first-order valence-corrected chi connectivity index (χ1v) is 17.7. The minimum atomic E-state index is -1.57. The number of unbranched alkanes of at least 4 members (excludes halogenated alkanes) is 13. The van der Waals surface area contributed by atoms with Gasteiger partial charge in [0.15, 0.2) is 6.29 Å². The first kappa shape index (κ1) is 41.4. The van der Waals surface area contributed by atoms with Crippen LogP contribution in [0, 0.1) is 0 Å². The molecule has 0 saturated carbocycles. The fourth-order valence-corrected chi connectivity index (χ4v) is 5.24. The van der Waals surface area contributed by atoms with Crippen molar-refractivity contribution >= 4 is 5.91 Å². The van der Waals surface area contributed by atoms with Crippen LogP contribution < -0.4 is 5.32 Å². The van der Waals surface area contributed by atoms with Gasteiger partial charge in [0.2, 0.25) is 5.91 Å². The molecule has 1 amide bonds. The van der Waals surface area contributed by atoms with Crippen LogP contribution in [-0.4, -0.2) is 87.5 Å². The number of rotatable bonds is 27. The number of nitrogens with one attached hydrogen (secondary N) is 1. The average molecular weight is 640 g/mol. The molecule has 0 bridgehead atoms. The summed E-state index contributed by atoms with van der Waals surface area (Å²) in [4.78, 5) is 12.6. The normalized spacial score (nSPS) is 23.8. The summed E-state index contributed by atoms with van der Waals surface area (Å²) in [5, 5.41) is 53.4. The third kappa shape index (κ3) is 19.6. The van der Waals surface area contributed by atoms with E-state index in [4.69, 9.17) is 9.47 Å². The number of carbonyl (C=O) groups excluding carboxylic acids is 1. The minimum absolute atomic E-state index is 0.207. The number of carbonyl (C=O) groups is 1. The molecule has 1 aliphatic rings. The summed E-state index contributed by atoms with van der Waals surface area (Å²) in [5.74, 6) is -0.212. The lowest BCUT2D eigenvalue weighted by molar-refractivity contribution is -0.302. The molecular formula is C36H65NO8. The molecule has 1 rings (SSSR count). The van der Waals surface area contributed by atoms with E-state index in [2.05, 4.69) is 43.5 Å². The van der Waals surface area contributed by atoms with Gasteiger partial charge in [-0.3, -0.25) is 4.79 Å². The van der Waals surface area contributed by atoms with Crippen LogP contribution in [0.15, 0.2) is 36.5 Å². The zero-order valence-electron chi connectivity index (χ0n) is 28.1. The third-order valence-electron chi connectivity index (χ3n) is 8.20. The summed E-state index contributed by atoms with van der Waals surface area (Å²) < 4.78 is 11.0. The van der Waals surface area contributed by atoms with Crippen molar-refractivity contribution in [3.8, 4) is 0 Å². The van der Waals surface area contributed by atoms with E-state index in [1.54, 1.807) is 6.08 Å². The van der Waals surface area contributed by atoms with Crippen LogP contribution in [0.2, 0.25) is 0 Å². The molecule has 45 heavy (non-hydrogen) atoms. The lowest BCUT2D eigenvalue weighted by atomic mass is 9.99. The van der Waals surface area contributed by atoms with Crippen LogP contribution in [-0.2, 0) is 14.3 Å². The Morgan fingerprint density at radius 3 is 1.87 bits per heavy atom. The van der Waals surface area contributed by atoms with E-state index in [0.29, 0.717) is 6.42 Å². The second kappa shape index (κ2) is 27.5. The molecule has 0 spiro atoms. The number of hydrogen-bond acceptors (Lipinski definition) is 8. The second-order valence-electron chi connectivity index (χ2n) is 12.3. The van der Waals surface area contributed by atoms with E-state index in [1.165, 1.54) is 57.8 Å². The maximum absolute atomic E-state index is 12.6. The van der Waals surface area contributed by atoms with Gasteiger partial charge in [0, 0.05) is 6.42 Å². The van der Waals surface area contributed by atoms with Gasteiger partial charge in [-0.2, -0.15) is 0 Å². The highest BCUT2D eigenvalue weighted by molar-refractivity contribution is 5.76. The Hall–Kier alpha value is -1.59. The topological polar surface area (TPSA) is 149 Å². The molecule has 262 valence electrons. The lowest BCUT2D eigenvalue weighted by Gasteiger charge is -2.40. The maximum atomic E-state index is 12.6. The SMILES string of the molecule is CCCCCCCCCC/C=C/CC/C=C/CC/C=C/C(O)C(COC1OC(CO)C(O)C(O)C1O)NC(=O)CCCCCC. The van der Waals surface area contributed by atoms with Crippen molar-refractivity contribution < 1.29 is 39.8 Å². The zero-order valence-corrected chi connectivity index (χ0v) is 28.1. The molecule has 7 atom stereocenters. The fraction of sp³-hybridized carbons (Fsp3) is 0.806. The highest BCUT2D eigenvalue weighted by Crippen LogP contribution is 2.22. The number of ether oxygens (including phenoxy) is 2. The molecule has 0 aliphatic carbocycles. The van der Waals surface area contributed by atoms with E-state index in [-0.39, 0.29) is 12.5 Å². The van der Waals surface area contributed by atoms with Crippen LogP contribution in [0.3, 0.4) is 0 Å². The van der Waals surface area contributed by atoms with Gasteiger partial charge in [-0.1, -0.05) is 115 Å². The van der Waals surface area contributed by atoms with Crippen LogP contribution in [0.25, 0.3) is 0 Å². The number of aliphatic hydroxyl groups is 5. The molecule has 0 aromatic rings. The van der Waals surface area contributed by atoms with Crippen molar-refractivity contribution in [3.05, 3.63) is 36.5 Å². The molecule has 0 radical (unpaired) electrons. The molecule has 1 fully saturated rings. The number of aliphatic hydroxyl groups excluding tert-OH is 5. The van der Waals surface area contributed by atoms with Crippen molar-refractivity contribution in [1.29, 1.82) is 0 Å².